The summed E-state index contributed by atoms with van der Waals surface area (Å²) in [4.78, 5) is 16.4. The van der Waals surface area contributed by atoms with Gasteiger partial charge in [-0.25, -0.2) is 9.78 Å². The van der Waals surface area contributed by atoms with Gasteiger partial charge in [-0.3, -0.25) is 0 Å². The van der Waals surface area contributed by atoms with Gasteiger partial charge in [-0.05, 0) is 6.92 Å². The van der Waals surface area contributed by atoms with E-state index in [0.29, 0.717) is 27.2 Å². The van der Waals surface area contributed by atoms with Crippen molar-refractivity contribution >= 4 is 28.1 Å². The van der Waals surface area contributed by atoms with Crippen LogP contribution >= 0.6 is 11.3 Å². The minimum absolute atomic E-state index is 0.388. The third-order valence-corrected chi connectivity index (χ3v) is 3.82. The monoisotopic (exact) mass is 308 g/mol. The fourth-order valence-corrected chi connectivity index (χ4v) is 2.64. The van der Waals surface area contributed by atoms with Crippen LogP contribution in [0.3, 0.4) is 0 Å². The van der Waals surface area contributed by atoms with Crippen LogP contribution in [0.25, 0.3) is 0 Å². The first-order valence-electron chi connectivity index (χ1n) is 6.13. The van der Waals surface area contributed by atoms with E-state index in [-0.39, 0.29) is 5.97 Å². The van der Waals surface area contributed by atoms with E-state index in [0.717, 1.165) is 5.69 Å². The molecule has 7 heteroatoms. The van der Waals surface area contributed by atoms with Crippen molar-refractivity contribution in [3.63, 3.8) is 0 Å². The van der Waals surface area contributed by atoms with Crippen molar-refractivity contribution in [2.75, 3.05) is 26.6 Å². The van der Waals surface area contributed by atoms with Gasteiger partial charge in [-0.1, -0.05) is 11.3 Å². The van der Waals surface area contributed by atoms with Crippen molar-refractivity contribution in [3.8, 4) is 11.5 Å². The molecule has 0 spiro atoms. The molecule has 0 aliphatic carbocycles. The first-order chi connectivity index (χ1) is 10.1. The second-order valence-corrected chi connectivity index (χ2v) is 5.15. The molecule has 0 aliphatic rings. The van der Waals surface area contributed by atoms with Gasteiger partial charge in [0.25, 0.3) is 0 Å². The minimum Gasteiger partial charge on any atom is -0.497 e. The number of hydrogen-bond donors (Lipinski definition) is 1. The molecule has 0 amide bonds. The smallest absolute Gasteiger partial charge is 0.350 e. The lowest BCUT2D eigenvalue weighted by molar-refractivity contribution is 0.0605. The quantitative estimate of drug-likeness (QED) is 0.856. The number of aromatic nitrogens is 1. The largest absolute Gasteiger partial charge is 0.497 e. The van der Waals surface area contributed by atoms with Crippen LogP contribution in [-0.4, -0.2) is 32.3 Å². The van der Waals surface area contributed by atoms with Crippen LogP contribution in [-0.2, 0) is 4.74 Å². The maximum absolute atomic E-state index is 11.6. The van der Waals surface area contributed by atoms with Crippen LogP contribution in [0, 0.1) is 6.92 Å². The zero-order chi connectivity index (χ0) is 15.4. The second-order valence-electron chi connectivity index (χ2n) is 4.15. The second kappa shape index (κ2) is 6.45. The number of nitrogens with zero attached hydrogens (tertiary/aromatic N) is 1. The number of methoxy groups -OCH3 is 3. The van der Waals surface area contributed by atoms with Gasteiger partial charge >= 0.3 is 5.97 Å². The third kappa shape index (κ3) is 3.43. The number of nitrogens with one attached hydrogen (secondary N) is 1. The highest BCUT2D eigenvalue weighted by Gasteiger charge is 2.16. The Morgan fingerprint density at radius 3 is 2.29 bits per heavy atom. The Kier molecular flexibility index (Phi) is 4.64. The van der Waals surface area contributed by atoms with E-state index in [1.165, 1.54) is 18.4 Å². The van der Waals surface area contributed by atoms with Crippen molar-refractivity contribution in [3.05, 3.63) is 28.8 Å². The van der Waals surface area contributed by atoms with E-state index in [1.54, 1.807) is 27.2 Å². The molecular weight excluding hydrogens is 292 g/mol. The molecule has 0 saturated heterocycles. The number of anilines is 2. The van der Waals surface area contributed by atoms with Crippen LogP contribution in [0.1, 0.15) is 15.4 Å². The van der Waals surface area contributed by atoms with Gasteiger partial charge in [0.15, 0.2) is 5.13 Å². The molecule has 0 saturated carbocycles. The fourth-order valence-electron chi connectivity index (χ4n) is 1.74. The molecular formula is C14H16N2O4S. The Bertz CT molecular complexity index is 632. The number of ether oxygens (including phenoxy) is 3. The maximum Gasteiger partial charge on any atom is 0.350 e. The summed E-state index contributed by atoms with van der Waals surface area (Å²) in [6.07, 6.45) is 0. The molecule has 112 valence electrons. The molecule has 21 heavy (non-hydrogen) atoms. The molecule has 1 heterocycles. The molecule has 0 radical (unpaired) electrons. The number of esters is 1. The van der Waals surface area contributed by atoms with Gasteiger partial charge in [0.05, 0.1) is 27.0 Å². The zero-order valence-electron chi connectivity index (χ0n) is 12.2. The lowest BCUT2D eigenvalue weighted by atomic mass is 10.3. The molecule has 0 atom stereocenters. The number of rotatable bonds is 5. The number of thiazole rings is 1. The SMILES string of the molecule is COC(=O)c1sc(Nc2cc(OC)cc(OC)c2)nc1C. The zero-order valence-corrected chi connectivity index (χ0v) is 13.0. The Labute approximate surface area is 126 Å². The third-order valence-electron chi connectivity index (χ3n) is 2.77. The molecule has 0 fully saturated rings. The summed E-state index contributed by atoms with van der Waals surface area (Å²) in [6.45, 7) is 1.76. The molecule has 1 N–H and O–H groups in total. The molecule has 2 rings (SSSR count). The summed E-state index contributed by atoms with van der Waals surface area (Å²) in [5, 5.41) is 3.73. The van der Waals surface area contributed by atoms with E-state index in [2.05, 4.69) is 10.3 Å². The highest BCUT2D eigenvalue weighted by molar-refractivity contribution is 7.17. The predicted octanol–water partition coefficient (Wildman–Crippen LogP) is 3.00. The Morgan fingerprint density at radius 1 is 1.14 bits per heavy atom. The fraction of sp³-hybridized carbons (Fsp3) is 0.286. The van der Waals surface area contributed by atoms with E-state index in [1.807, 2.05) is 12.1 Å². The van der Waals surface area contributed by atoms with Crippen molar-refractivity contribution in [1.29, 1.82) is 0 Å². The van der Waals surface area contributed by atoms with Crippen molar-refractivity contribution in [2.24, 2.45) is 0 Å². The topological polar surface area (TPSA) is 69.7 Å². The van der Waals surface area contributed by atoms with E-state index < -0.39 is 0 Å². The molecule has 1 aromatic carbocycles. The van der Waals surface area contributed by atoms with E-state index in [9.17, 15) is 4.79 Å². The van der Waals surface area contributed by atoms with Crippen LogP contribution in [0.4, 0.5) is 10.8 Å². The summed E-state index contributed by atoms with van der Waals surface area (Å²) in [5.41, 5.74) is 1.39. The highest BCUT2D eigenvalue weighted by atomic mass is 32.1. The van der Waals surface area contributed by atoms with Gasteiger partial charge < -0.3 is 19.5 Å². The molecule has 0 unspecified atom stereocenters. The summed E-state index contributed by atoms with van der Waals surface area (Å²) >= 11 is 1.24. The summed E-state index contributed by atoms with van der Waals surface area (Å²) in [5.74, 6) is 0.943. The maximum atomic E-state index is 11.6. The van der Waals surface area contributed by atoms with Crippen molar-refractivity contribution in [2.45, 2.75) is 6.92 Å². The Balaban J connectivity index is 2.27. The molecule has 2 aromatic rings. The minimum atomic E-state index is -0.388. The van der Waals surface area contributed by atoms with Gasteiger partial charge in [0.1, 0.15) is 16.4 Å². The first kappa shape index (κ1) is 15.1. The highest BCUT2D eigenvalue weighted by Crippen LogP contribution is 2.30. The standard InChI is InChI=1S/C14H16N2O4S/c1-8-12(13(17)20-4)21-14(15-8)16-9-5-10(18-2)7-11(6-9)19-3/h5-7H,1-4H3,(H,15,16). The van der Waals surface area contributed by atoms with Gasteiger partial charge in [0, 0.05) is 23.9 Å². The van der Waals surface area contributed by atoms with Crippen molar-refractivity contribution in [1.82, 2.24) is 4.98 Å². The average Bonchev–Trinajstić information content (AvgIpc) is 2.86. The molecule has 0 aliphatic heterocycles. The number of carbonyl (C=O) groups excluding carboxylic acids is 1. The lowest BCUT2D eigenvalue weighted by Gasteiger charge is -2.08. The summed E-state index contributed by atoms with van der Waals surface area (Å²) in [6, 6.07) is 5.41. The van der Waals surface area contributed by atoms with Crippen molar-refractivity contribution < 1.29 is 19.0 Å². The number of aryl methyl sites for hydroxylation is 1. The Morgan fingerprint density at radius 2 is 1.76 bits per heavy atom. The predicted molar refractivity (Wildman–Crippen MR) is 81.0 cm³/mol. The molecule has 1 aromatic heterocycles. The molecule has 0 bridgehead atoms. The van der Waals surface area contributed by atoms with Gasteiger partial charge in [0.2, 0.25) is 0 Å². The summed E-state index contributed by atoms with van der Waals surface area (Å²) in [7, 11) is 4.52. The van der Waals surface area contributed by atoms with E-state index >= 15 is 0 Å². The first-order valence-corrected chi connectivity index (χ1v) is 6.95. The number of carbonyl (C=O) groups is 1. The van der Waals surface area contributed by atoms with Crippen LogP contribution < -0.4 is 14.8 Å². The summed E-state index contributed by atoms with van der Waals surface area (Å²) < 4.78 is 15.1. The van der Waals surface area contributed by atoms with E-state index in [4.69, 9.17) is 14.2 Å². The Hall–Kier alpha value is -2.28. The normalized spacial score (nSPS) is 10.1. The van der Waals surface area contributed by atoms with Gasteiger partial charge in [-0.2, -0.15) is 0 Å². The number of hydrogen-bond acceptors (Lipinski definition) is 7. The molecule has 6 nitrogen and oxygen atoms in total. The van der Waals surface area contributed by atoms with Crippen LogP contribution in [0.2, 0.25) is 0 Å². The lowest BCUT2D eigenvalue weighted by Crippen LogP contribution is -1.99. The van der Waals surface area contributed by atoms with Crippen LogP contribution in [0.5, 0.6) is 11.5 Å². The van der Waals surface area contributed by atoms with Crippen LogP contribution in [0.15, 0.2) is 18.2 Å². The van der Waals surface area contributed by atoms with Gasteiger partial charge in [-0.15, -0.1) is 0 Å². The number of benzene rings is 1. The average molecular weight is 308 g/mol.